The van der Waals surface area contributed by atoms with Crippen LogP contribution in [0.3, 0.4) is 0 Å². The zero-order chi connectivity index (χ0) is 18.3. The van der Waals surface area contributed by atoms with Crippen LogP contribution in [0.15, 0.2) is 18.2 Å². The molecule has 2 aliphatic rings. The molecule has 8 heteroatoms. The van der Waals surface area contributed by atoms with E-state index in [0.717, 1.165) is 12.8 Å². The molecule has 0 N–H and O–H groups in total. The molecule has 2 aromatic rings. The van der Waals surface area contributed by atoms with Crippen molar-refractivity contribution in [2.45, 2.75) is 31.8 Å². The summed E-state index contributed by atoms with van der Waals surface area (Å²) in [4.78, 5) is 14.7. The predicted octanol–water partition coefficient (Wildman–Crippen LogP) is 3.04. The maximum absolute atomic E-state index is 13.9. The van der Waals surface area contributed by atoms with E-state index in [1.54, 1.807) is 0 Å². The van der Waals surface area contributed by atoms with E-state index in [-0.39, 0.29) is 34.9 Å². The van der Waals surface area contributed by atoms with E-state index in [0.29, 0.717) is 31.7 Å². The highest BCUT2D eigenvalue weighted by Gasteiger charge is 2.35. The number of benzene rings is 1. The monoisotopic (exact) mass is 381 g/mol. The lowest BCUT2D eigenvalue weighted by Crippen LogP contribution is -2.47. The van der Waals surface area contributed by atoms with Crippen LogP contribution < -0.4 is 0 Å². The van der Waals surface area contributed by atoms with Gasteiger partial charge in [-0.05, 0) is 31.4 Å². The lowest BCUT2D eigenvalue weighted by molar-refractivity contribution is 0.0273. The molecule has 1 fully saturated rings. The molecule has 0 aliphatic carbocycles. The largest absolute Gasteiger partial charge is 0.381 e. The van der Waals surface area contributed by atoms with E-state index < -0.39 is 11.6 Å². The molecular weight excluding hydrogens is 364 g/mol. The summed E-state index contributed by atoms with van der Waals surface area (Å²) in [5.41, 5.74) is 0.809. The lowest BCUT2D eigenvalue weighted by atomic mass is 10.0. The van der Waals surface area contributed by atoms with Crippen molar-refractivity contribution in [2.75, 3.05) is 19.8 Å². The fraction of sp³-hybridized carbons (Fsp3) is 0.444. The number of rotatable bonds is 3. The first-order chi connectivity index (χ1) is 12.6. The number of amides is 1. The van der Waals surface area contributed by atoms with Gasteiger partial charge >= 0.3 is 0 Å². The molecule has 0 unspecified atom stereocenters. The maximum Gasteiger partial charge on any atom is 0.274 e. The van der Waals surface area contributed by atoms with E-state index >= 15 is 0 Å². The van der Waals surface area contributed by atoms with E-state index in [1.165, 1.54) is 22.9 Å². The second-order valence-electron chi connectivity index (χ2n) is 6.57. The summed E-state index contributed by atoms with van der Waals surface area (Å²) in [7, 11) is 0. The van der Waals surface area contributed by atoms with Gasteiger partial charge in [-0.25, -0.2) is 13.5 Å². The molecule has 2 aliphatic heterocycles. The Bertz CT molecular complexity index is 829. The summed E-state index contributed by atoms with van der Waals surface area (Å²) in [5, 5.41) is 4.55. The van der Waals surface area contributed by atoms with Crippen LogP contribution >= 0.6 is 11.6 Å². The smallest absolute Gasteiger partial charge is 0.274 e. The van der Waals surface area contributed by atoms with Crippen molar-refractivity contribution in [2.24, 2.45) is 0 Å². The Hall–Kier alpha value is -1.99. The van der Waals surface area contributed by atoms with Crippen molar-refractivity contribution in [3.8, 4) is 0 Å². The van der Waals surface area contributed by atoms with Gasteiger partial charge in [0.05, 0.1) is 6.54 Å². The molecule has 1 aromatic heterocycles. The molecular formula is C18H18ClF2N3O2. The van der Waals surface area contributed by atoms with Crippen LogP contribution in [-0.4, -0.2) is 46.4 Å². The molecule has 5 nitrogen and oxygen atoms in total. The quantitative estimate of drug-likeness (QED) is 0.821. The van der Waals surface area contributed by atoms with Crippen LogP contribution in [0.4, 0.5) is 8.78 Å². The highest BCUT2D eigenvalue weighted by molar-refractivity contribution is 6.31. The molecule has 1 amide bonds. The highest BCUT2D eigenvalue weighted by atomic mass is 35.5. The Labute approximate surface area is 154 Å². The number of carbonyl (C=O) groups excluding carboxylic acids is 1. The van der Waals surface area contributed by atoms with E-state index in [4.69, 9.17) is 16.3 Å². The van der Waals surface area contributed by atoms with Gasteiger partial charge < -0.3 is 9.64 Å². The van der Waals surface area contributed by atoms with Crippen molar-refractivity contribution < 1.29 is 18.3 Å². The van der Waals surface area contributed by atoms with Crippen molar-refractivity contribution in [3.05, 3.63) is 51.8 Å². The van der Waals surface area contributed by atoms with Crippen LogP contribution in [0.1, 0.15) is 34.5 Å². The standard InChI is InChI=1S/C18H18ClF2N3O2/c19-17-12-4-7-23(11-5-8-26-9-6-11)18(25)16(12)22-24(17)10-13-14(20)2-1-3-15(13)21/h1-3,11H,4-10H2. The minimum Gasteiger partial charge on any atom is -0.381 e. The molecule has 3 heterocycles. The molecule has 1 aromatic carbocycles. The second kappa shape index (κ2) is 6.96. The minimum absolute atomic E-state index is 0.122. The molecule has 0 bridgehead atoms. The van der Waals surface area contributed by atoms with Gasteiger partial charge in [0.15, 0.2) is 5.69 Å². The predicted molar refractivity (Wildman–Crippen MR) is 91.3 cm³/mol. The molecule has 1 saturated heterocycles. The normalized spacial score (nSPS) is 18.3. The zero-order valence-electron chi connectivity index (χ0n) is 14.1. The van der Waals surface area contributed by atoms with Gasteiger partial charge in [0.25, 0.3) is 5.91 Å². The van der Waals surface area contributed by atoms with Gasteiger partial charge in [-0.2, -0.15) is 5.10 Å². The summed E-state index contributed by atoms with van der Waals surface area (Å²) >= 11 is 6.36. The van der Waals surface area contributed by atoms with Crippen LogP contribution in [0, 0.1) is 11.6 Å². The van der Waals surface area contributed by atoms with E-state index in [9.17, 15) is 13.6 Å². The number of nitrogens with zero attached hydrogens (tertiary/aromatic N) is 3. The molecule has 0 spiro atoms. The fourth-order valence-corrected chi connectivity index (χ4v) is 3.91. The van der Waals surface area contributed by atoms with Crippen molar-refractivity contribution in [1.29, 1.82) is 0 Å². The number of hydrogen-bond donors (Lipinski definition) is 0. The zero-order valence-corrected chi connectivity index (χ0v) is 14.8. The summed E-state index contributed by atoms with van der Waals surface area (Å²) < 4.78 is 34.5. The van der Waals surface area contributed by atoms with Gasteiger partial charge in [0.2, 0.25) is 0 Å². The van der Waals surface area contributed by atoms with Gasteiger partial charge in [-0.15, -0.1) is 0 Å². The fourth-order valence-electron chi connectivity index (χ4n) is 3.62. The van der Waals surface area contributed by atoms with Gasteiger partial charge in [-0.1, -0.05) is 17.7 Å². The summed E-state index contributed by atoms with van der Waals surface area (Å²) in [6.07, 6.45) is 2.18. The average Bonchev–Trinajstić information content (AvgIpc) is 2.96. The van der Waals surface area contributed by atoms with Crippen LogP contribution in [0.2, 0.25) is 5.15 Å². The number of halogens is 3. The van der Waals surface area contributed by atoms with E-state index in [1.807, 2.05) is 4.90 Å². The molecule has 0 atom stereocenters. The molecule has 4 rings (SSSR count). The molecule has 26 heavy (non-hydrogen) atoms. The van der Waals surface area contributed by atoms with Gasteiger partial charge in [0.1, 0.15) is 16.8 Å². The summed E-state index contributed by atoms with van der Waals surface area (Å²) in [5.74, 6) is -1.50. The number of carbonyl (C=O) groups is 1. The Morgan fingerprint density at radius 2 is 1.92 bits per heavy atom. The van der Waals surface area contributed by atoms with Gasteiger partial charge in [-0.3, -0.25) is 4.79 Å². The molecule has 138 valence electrons. The SMILES string of the molecule is O=C1c2nn(Cc3c(F)cccc3F)c(Cl)c2CCN1C1CCOCC1. The Morgan fingerprint density at radius 1 is 1.23 bits per heavy atom. The third-order valence-electron chi connectivity index (χ3n) is 5.05. The van der Waals surface area contributed by atoms with Crippen LogP contribution in [0.25, 0.3) is 0 Å². The van der Waals surface area contributed by atoms with Crippen molar-refractivity contribution in [1.82, 2.24) is 14.7 Å². The van der Waals surface area contributed by atoms with Crippen molar-refractivity contribution >= 4 is 17.5 Å². The average molecular weight is 382 g/mol. The topological polar surface area (TPSA) is 47.4 Å². The van der Waals surface area contributed by atoms with E-state index in [2.05, 4.69) is 5.10 Å². The summed E-state index contributed by atoms with van der Waals surface area (Å²) in [6.45, 7) is 1.69. The molecule has 0 saturated carbocycles. The Morgan fingerprint density at radius 3 is 2.62 bits per heavy atom. The number of ether oxygens (including phenoxy) is 1. The minimum atomic E-state index is -0.662. The second-order valence-corrected chi connectivity index (χ2v) is 6.93. The number of hydrogen-bond acceptors (Lipinski definition) is 3. The van der Waals surface area contributed by atoms with Crippen LogP contribution in [-0.2, 0) is 17.7 Å². The Balaban J connectivity index is 1.62. The number of aromatic nitrogens is 2. The summed E-state index contributed by atoms with van der Waals surface area (Å²) in [6, 6.07) is 3.82. The molecule has 0 radical (unpaired) electrons. The first kappa shape index (κ1) is 17.4. The third-order valence-corrected chi connectivity index (χ3v) is 5.47. The van der Waals surface area contributed by atoms with Crippen LogP contribution in [0.5, 0.6) is 0 Å². The van der Waals surface area contributed by atoms with Crippen molar-refractivity contribution in [3.63, 3.8) is 0 Å². The number of fused-ring (bicyclic) bond motifs is 1. The Kier molecular flexibility index (Phi) is 4.67. The highest BCUT2D eigenvalue weighted by Crippen LogP contribution is 2.29. The first-order valence-corrected chi connectivity index (χ1v) is 9.01. The first-order valence-electron chi connectivity index (χ1n) is 8.63. The third kappa shape index (κ3) is 2.99. The van der Waals surface area contributed by atoms with Gasteiger partial charge in [0, 0.05) is 36.9 Å². The maximum atomic E-state index is 13.9. The lowest BCUT2D eigenvalue weighted by Gasteiger charge is -2.36.